The van der Waals surface area contributed by atoms with Crippen LogP contribution in [0.25, 0.3) is 0 Å². The SMILES string of the molecule is CC(C)(C)c1ccc([S+]2C3COCC2CS(=O)(=O)C3)cc1. The Labute approximate surface area is 130 Å². The van der Waals surface area contributed by atoms with Gasteiger partial charge in [-0.15, -0.1) is 0 Å². The Hall–Kier alpha value is -0.520. The quantitative estimate of drug-likeness (QED) is 0.743. The van der Waals surface area contributed by atoms with Crippen LogP contribution in [0.3, 0.4) is 0 Å². The normalized spacial score (nSPS) is 31.9. The van der Waals surface area contributed by atoms with Crippen LogP contribution in [0, 0.1) is 0 Å². The Morgan fingerprint density at radius 2 is 1.57 bits per heavy atom. The maximum absolute atomic E-state index is 12.0. The van der Waals surface area contributed by atoms with Gasteiger partial charge < -0.3 is 4.74 Å². The number of hydrogen-bond acceptors (Lipinski definition) is 3. The Bertz CT molecular complexity index is 594. The van der Waals surface area contributed by atoms with Crippen molar-refractivity contribution >= 4 is 20.7 Å². The Balaban J connectivity index is 1.90. The minimum atomic E-state index is -2.89. The van der Waals surface area contributed by atoms with Crippen molar-refractivity contribution in [1.82, 2.24) is 0 Å². The molecule has 2 fully saturated rings. The van der Waals surface area contributed by atoms with E-state index < -0.39 is 9.84 Å². The highest BCUT2D eigenvalue weighted by atomic mass is 32.2. The third-order valence-corrected chi connectivity index (χ3v) is 9.30. The largest absolute Gasteiger partial charge is 0.371 e. The molecule has 0 amide bonds. The summed E-state index contributed by atoms with van der Waals surface area (Å²) in [5.41, 5.74) is 1.47. The van der Waals surface area contributed by atoms with Crippen molar-refractivity contribution in [3.63, 3.8) is 0 Å². The maximum atomic E-state index is 12.0. The van der Waals surface area contributed by atoms with Gasteiger partial charge in [-0.2, -0.15) is 0 Å². The molecular formula is C16H23O3S2+. The molecular weight excluding hydrogens is 304 g/mol. The van der Waals surface area contributed by atoms with Crippen LogP contribution >= 0.6 is 0 Å². The van der Waals surface area contributed by atoms with Crippen molar-refractivity contribution < 1.29 is 13.2 Å². The van der Waals surface area contributed by atoms with E-state index in [1.807, 2.05) is 0 Å². The smallest absolute Gasteiger partial charge is 0.161 e. The van der Waals surface area contributed by atoms with Gasteiger partial charge in [-0.05, 0) is 23.1 Å². The molecule has 2 aliphatic heterocycles. The number of hydrogen-bond donors (Lipinski definition) is 0. The van der Waals surface area contributed by atoms with E-state index >= 15 is 0 Å². The second kappa shape index (κ2) is 5.28. The molecule has 116 valence electrons. The fraction of sp³-hybridized carbons (Fsp3) is 0.625. The highest BCUT2D eigenvalue weighted by Gasteiger charge is 2.52. The van der Waals surface area contributed by atoms with Gasteiger partial charge in [0.2, 0.25) is 0 Å². The van der Waals surface area contributed by atoms with E-state index in [0.717, 1.165) is 0 Å². The van der Waals surface area contributed by atoms with Crippen LogP contribution in [0.4, 0.5) is 0 Å². The number of sulfone groups is 1. The molecule has 0 aliphatic carbocycles. The lowest BCUT2D eigenvalue weighted by Gasteiger charge is -2.34. The summed E-state index contributed by atoms with van der Waals surface area (Å²) in [7, 11) is -2.88. The molecule has 21 heavy (non-hydrogen) atoms. The van der Waals surface area contributed by atoms with Gasteiger partial charge in [0.15, 0.2) is 25.2 Å². The molecule has 0 N–H and O–H groups in total. The van der Waals surface area contributed by atoms with E-state index in [0.29, 0.717) is 13.2 Å². The summed E-state index contributed by atoms with van der Waals surface area (Å²) in [5.74, 6) is 0.571. The van der Waals surface area contributed by atoms with Gasteiger partial charge in [0.1, 0.15) is 11.5 Å². The fourth-order valence-electron chi connectivity index (χ4n) is 3.12. The highest BCUT2D eigenvalue weighted by Crippen LogP contribution is 2.34. The molecule has 1 aromatic rings. The van der Waals surface area contributed by atoms with Crippen LogP contribution in [-0.2, 0) is 30.9 Å². The minimum Gasteiger partial charge on any atom is -0.371 e. The summed E-state index contributed by atoms with van der Waals surface area (Å²) in [6, 6.07) is 8.80. The predicted molar refractivity (Wildman–Crippen MR) is 87.8 cm³/mol. The first-order valence-electron chi connectivity index (χ1n) is 7.37. The molecule has 2 bridgehead atoms. The molecule has 2 saturated heterocycles. The summed E-state index contributed by atoms with van der Waals surface area (Å²) in [6.07, 6.45) is 0. The predicted octanol–water partition coefficient (Wildman–Crippen LogP) is 2.16. The van der Waals surface area contributed by atoms with Gasteiger partial charge in [0.05, 0.1) is 13.2 Å². The molecule has 3 rings (SSSR count). The average Bonchev–Trinajstić information content (AvgIpc) is 2.36. The van der Waals surface area contributed by atoms with E-state index in [4.69, 9.17) is 4.74 Å². The first-order chi connectivity index (χ1) is 9.76. The van der Waals surface area contributed by atoms with Crippen LogP contribution in [-0.4, -0.2) is 43.6 Å². The first kappa shape index (κ1) is 15.4. The van der Waals surface area contributed by atoms with Crippen molar-refractivity contribution in [2.45, 2.75) is 41.6 Å². The molecule has 2 atom stereocenters. The fourth-order valence-corrected chi connectivity index (χ4v) is 9.25. The molecule has 1 aromatic carbocycles. The van der Waals surface area contributed by atoms with Crippen molar-refractivity contribution in [2.24, 2.45) is 0 Å². The van der Waals surface area contributed by atoms with Crippen molar-refractivity contribution in [3.05, 3.63) is 29.8 Å². The van der Waals surface area contributed by atoms with Gasteiger partial charge in [0.25, 0.3) is 0 Å². The summed E-state index contributed by atoms with van der Waals surface area (Å²) in [4.78, 5) is 1.30. The molecule has 0 radical (unpaired) electrons. The molecule has 3 nitrogen and oxygen atoms in total. The van der Waals surface area contributed by atoms with Crippen LogP contribution < -0.4 is 0 Å². The van der Waals surface area contributed by atoms with Crippen molar-refractivity contribution in [3.8, 4) is 0 Å². The van der Waals surface area contributed by atoms with E-state index in [1.165, 1.54) is 10.5 Å². The molecule has 2 heterocycles. The summed E-state index contributed by atoms with van der Waals surface area (Å²) < 4.78 is 29.6. The zero-order valence-corrected chi connectivity index (χ0v) is 14.5. The van der Waals surface area contributed by atoms with E-state index in [-0.39, 0.29) is 38.3 Å². The zero-order chi connectivity index (χ0) is 15.3. The second-order valence-electron chi connectivity index (χ2n) is 7.00. The van der Waals surface area contributed by atoms with Gasteiger partial charge in [-0.1, -0.05) is 32.9 Å². The number of fused-ring (bicyclic) bond motifs is 2. The highest BCUT2D eigenvalue weighted by molar-refractivity contribution is 8.02. The van der Waals surface area contributed by atoms with Crippen LogP contribution in [0.15, 0.2) is 29.2 Å². The van der Waals surface area contributed by atoms with Crippen LogP contribution in [0.2, 0.25) is 0 Å². The Kier molecular flexibility index (Phi) is 3.87. The molecule has 0 aromatic heterocycles. The Morgan fingerprint density at radius 3 is 2.05 bits per heavy atom. The minimum absolute atomic E-state index is 0.0104. The standard InChI is InChI=1S/C16H23O3S2/c1-16(2,3)12-4-6-13(7-5-12)20-14-8-19-9-15(20)11-21(17,18)10-14/h4-7,14-15H,8-11H2,1-3H3/q+1. The topological polar surface area (TPSA) is 43.4 Å². The zero-order valence-electron chi connectivity index (χ0n) is 12.8. The third kappa shape index (κ3) is 3.15. The molecule has 2 aliphatic rings. The lowest BCUT2D eigenvalue weighted by molar-refractivity contribution is 0.129. The summed E-state index contributed by atoms with van der Waals surface area (Å²) in [5, 5.41) is 0.283. The lowest BCUT2D eigenvalue weighted by Crippen LogP contribution is -2.54. The lowest BCUT2D eigenvalue weighted by atomic mass is 9.87. The first-order valence-corrected chi connectivity index (χ1v) is 10.5. The van der Waals surface area contributed by atoms with Crippen molar-refractivity contribution in [2.75, 3.05) is 24.7 Å². The number of ether oxygens (including phenoxy) is 1. The average molecular weight is 327 g/mol. The third-order valence-electron chi connectivity index (χ3n) is 4.20. The van der Waals surface area contributed by atoms with Gasteiger partial charge in [-0.3, -0.25) is 0 Å². The van der Waals surface area contributed by atoms with Crippen LogP contribution in [0.5, 0.6) is 0 Å². The molecule has 0 saturated carbocycles. The van der Waals surface area contributed by atoms with Gasteiger partial charge >= 0.3 is 0 Å². The van der Waals surface area contributed by atoms with Gasteiger partial charge in [0, 0.05) is 10.9 Å². The van der Waals surface area contributed by atoms with E-state index in [1.54, 1.807) is 0 Å². The Morgan fingerprint density at radius 1 is 1.05 bits per heavy atom. The van der Waals surface area contributed by atoms with Gasteiger partial charge in [-0.25, -0.2) is 8.42 Å². The molecule has 0 spiro atoms. The summed E-state index contributed by atoms with van der Waals surface area (Å²) >= 11 is 0. The summed E-state index contributed by atoms with van der Waals surface area (Å²) in [6.45, 7) is 7.79. The van der Waals surface area contributed by atoms with E-state index in [2.05, 4.69) is 45.0 Å². The van der Waals surface area contributed by atoms with Crippen LogP contribution in [0.1, 0.15) is 26.3 Å². The van der Waals surface area contributed by atoms with Crippen molar-refractivity contribution in [1.29, 1.82) is 0 Å². The van der Waals surface area contributed by atoms with E-state index in [9.17, 15) is 8.42 Å². The number of rotatable bonds is 1. The second-order valence-corrected chi connectivity index (χ2v) is 11.7. The molecule has 2 unspecified atom stereocenters. The number of benzene rings is 1. The molecule has 5 heteroatoms. The monoisotopic (exact) mass is 327 g/mol. The maximum Gasteiger partial charge on any atom is 0.161 e.